The summed E-state index contributed by atoms with van der Waals surface area (Å²) in [6.45, 7) is 1.50. The van der Waals surface area contributed by atoms with Crippen molar-refractivity contribution >= 4 is 33.0 Å². The second-order valence-corrected chi connectivity index (χ2v) is 6.78. The lowest BCUT2D eigenvalue weighted by Gasteiger charge is -2.24. The van der Waals surface area contributed by atoms with Crippen LogP contribution in [0.4, 0.5) is 11.4 Å². The first kappa shape index (κ1) is 14.4. The smallest absolute Gasteiger partial charge is 0.229 e. The Morgan fingerprint density at radius 3 is 2.79 bits per heavy atom. The number of nitrogens with one attached hydrogen (secondary N) is 2. The van der Waals surface area contributed by atoms with Crippen LogP contribution in [-0.4, -0.2) is 33.9 Å². The van der Waals surface area contributed by atoms with Gasteiger partial charge >= 0.3 is 0 Å². The molecule has 0 spiro atoms. The van der Waals surface area contributed by atoms with E-state index >= 15 is 0 Å². The summed E-state index contributed by atoms with van der Waals surface area (Å²) in [7, 11) is -3.31. The van der Waals surface area contributed by atoms with Crippen LogP contribution in [0.3, 0.4) is 0 Å². The molecule has 1 atom stereocenters. The predicted molar refractivity (Wildman–Crippen MR) is 77.4 cm³/mol. The SMILES string of the molecule is CS(=O)(=O)Nc1ccc(NC2CCCOC2)cc1Cl. The summed E-state index contributed by atoms with van der Waals surface area (Å²) in [5.74, 6) is 0. The lowest BCUT2D eigenvalue weighted by Crippen LogP contribution is -2.29. The molecule has 0 amide bonds. The molecule has 0 aliphatic carbocycles. The lowest BCUT2D eigenvalue weighted by atomic mass is 10.1. The Labute approximate surface area is 118 Å². The van der Waals surface area contributed by atoms with Crippen LogP contribution >= 0.6 is 11.6 Å². The molecule has 2 N–H and O–H groups in total. The maximum absolute atomic E-state index is 11.2. The number of halogens is 1. The minimum Gasteiger partial charge on any atom is -0.380 e. The van der Waals surface area contributed by atoms with E-state index in [1.54, 1.807) is 18.2 Å². The van der Waals surface area contributed by atoms with E-state index in [1.807, 2.05) is 0 Å². The van der Waals surface area contributed by atoms with Crippen molar-refractivity contribution in [3.05, 3.63) is 23.2 Å². The average Bonchev–Trinajstić information content (AvgIpc) is 2.33. The second kappa shape index (κ2) is 5.98. The van der Waals surface area contributed by atoms with Gasteiger partial charge in [0.2, 0.25) is 10.0 Å². The molecule has 0 aromatic heterocycles. The van der Waals surface area contributed by atoms with Crippen LogP contribution < -0.4 is 10.0 Å². The van der Waals surface area contributed by atoms with Crippen molar-refractivity contribution in [2.75, 3.05) is 29.5 Å². The molecule has 1 heterocycles. The first-order valence-corrected chi connectivity index (χ1v) is 8.32. The zero-order valence-corrected chi connectivity index (χ0v) is 12.2. The Morgan fingerprint density at radius 2 is 2.21 bits per heavy atom. The molecule has 0 radical (unpaired) electrons. The van der Waals surface area contributed by atoms with Gasteiger partial charge in [-0.1, -0.05) is 11.6 Å². The van der Waals surface area contributed by atoms with Crippen LogP contribution in [-0.2, 0) is 14.8 Å². The summed E-state index contributed by atoms with van der Waals surface area (Å²) in [4.78, 5) is 0. The highest BCUT2D eigenvalue weighted by molar-refractivity contribution is 7.92. The molecule has 0 saturated carbocycles. The highest BCUT2D eigenvalue weighted by Crippen LogP contribution is 2.27. The van der Waals surface area contributed by atoms with Crippen LogP contribution in [0.25, 0.3) is 0 Å². The van der Waals surface area contributed by atoms with Gasteiger partial charge in [0.15, 0.2) is 0 Å². The Kier molecular flexibility index (Phi) is 4.54. The third-order valence-corrected chi connectivity index (χ3v) is 3.70. The summed E-state index contributed by atoms with van der Waals surface area (Å²) in [6.07, 6.45) is 3.19. The monoisotopic (exact) mass is 304 g/mol. The summed E-state index contributed by atoms with van der Waals surface area (Å²) < 4.78 is 30.1. The Bertz CT molecular complexity index is 542. The minimum absolute atomic E-state index is 0.276. The third kappa shape index (κ3) is 4.56. The van der Waals surface area contributed by atoms with Crippen LogP contribution in [0.15, 0.2) is 18.2 Å². The zero-order chi connectivity index (χ0) is 13.9. The molecule has 5 nitrogen and oxygen atoms in total. The van der Waals surface area contributed by atoms with Crippen molar-refractivity contribution in [2.24, 2.45) is 0 Å². The number of hydrogen-bond donors (Lipinski definition) is 2. The minimum atomic E-state index is -3.31. The van der Waals surface area contributed by atoms with Gasteiger partial charge in [0.05, 0.1) is 23.6 Å². The lowest BCUT2D eigenvalue weighted by molar-refractivity contribution is 0.0876. The number of rotatable bonds is 4. The van der Waals surface area contributed by atoms with E-state index in [2.05, 4.69) is 10.0 Å². The van der Waals surface area contributed by atoms with E-state index in [-0.39, 0.29) is 6.04 Å². The molecule has 1 aliphatic heterocycles. The van der Waals surface area contributed by atoms with Crippen LogP contribution in [0.1, 0.15) is 12.8 Å². The van der Waals surface area contributed by atoms with Gasteiger partial charge in [-0.15, -0.1) is 0 Å². The summed E-state index contributed by atoms with van der Waals surface area (Å²) in [5.41, 5.74) is 1.24. The summed E-state index contributed by atoms with van der Waals surface area (Å²) >= 11 is 6.05. The fraction of sp³-hybridized carbons (Fsp3) is 0.500. The molecule has 19 heavy (non-hydrogen) atoms. The van der Waals surface area contributed by atoms with Gasteiger partial charge in [-0.2, -0.15) is 0 Å². The largest absolute Gasteiger partial charge is 0.380 e. The molecule has 0 bridgehead atoms. The van der Waals surface area contributed by atoms with E-state index in [1.165, 1.54) is 0 Å². The van der Waals surface area contributed by atoms with Crippen molar-refractivity contribution in [3.63, 3.8) is 0 Å². The Hall–Kier alpha value is -0.980. The molecule has 7 heteroatoms. The molecule has 1 unspecified atom stereocenters. The van der Waals surface area contributed by atoms with Crippen molar-refractivity contribution in [3.8, 4) is 0 Å². The van der Waals surface area contributed by atoms with Crippen LogP contribution in [0.5, 0.6) is 0 Å². The topological polar surface area (TPSA) is 67.4 Å². The van der Waals surface area contributed by atoms with Gasteiger partial charge in [-0.3, -0.25) is 4.72 Å². The summed E-state index contributed by atoms with van der Waals surface area (Å²) in [6, 6.07) is 5.44. The quantitative estimate of drug-likeness (QED) is 0.895. The first-order chi connectivity index (χ1) is 8.94. The highest BCUT2D eigenvalue weighted by Gasteiger charge is 2.14. The number of ether oxygens (including phenoxy) is 1. The molecule has 2 rings (SSSR count). The molecular weight excluding hydrogens is 288 g/mol. The molecular formula is C12H17ClN2O3S. The van der Waals surface area contributed by atoms with Crippen molar-refractivity contribution in [1.29, 1.82) is 0 Å². The third-order valence-electron chi connectivity index (χ3n) is 2.80. The number of sulfonamides is 1. The van der Waals surface area contributed by atoms with Crippen molar-refractivity contribution < 1.29 is 13.2 Å². The number of anilines is 2. The normalized spacial score (nSPS) is 20.0. The molecule has 1 aromatic carbocycles. The average molecular weight is 305 g/mol. The van der Waals surface area contributed by atoms with Gasteiger partial charge in [-0.25, -0.2) is 8.42 Å². The Balaban J connectivity index is 2.05. The number of benzene rings is 1. The van der Waals surface area contributed by atoms with E-state index < -0.39 is 10.0 Å². The first-order valence-electron chi connectivity index (χ1n) is 6.06. The van der Waals surface area contributed by atoms with Gasteiger partial charge in [0.25, 0.3) is 0 Å². The van der Waals surface area contributed by atoms with Crippen molar-refractivity contribution in [1.82, 2.24) is 0 Å². The second-order valence-electron chi connectivity index (χ2n) is 4.63. The van der Waals surface area contributed by atoms with E-state index in [0.717, 1.165) is 31.4 Å². The maximum atomic E-state index is 11.2. The highest BCUT2D eigenvalue weighted by atomic mass is 35.5. The molecule has 1 aliphatic rings. The molecule has 1 fully saturated rings. The predicted octanol–water partition coefficient (Wildman–Crippen LogP) is 2.30. The van der Waals surface area contributed by atoms with Crippen LogP contribution in [0.2, 0.25) is 5.02 Å². The van der Waals surface area contributed by atoms with Gasteiger partial charge in [-0.05, 0) is 31.0 Å². The van der Waals surface area contributed by atoms with E-state index in [4.69, 9.17) is 16.3 Å². The molecule has 1 aromatic rings. The van der Waals surface area contributed by atoms with Gasteiger partial charge in [0, 0.05) is 18.3 Å². The zero-order valence-electron chi connectivity index (χ0n) is 10.6. The Morgan fingerprint density at radius 1 is 1.42 bits per heavy atom. The molecule has 106 valence electrons. The van der Waals surface area contributed by atoms with Gasteiger partial charge in [0.1, 0.15) is 0 Å². The standard InChI is InChI=1S/C12H17ClN2O3S/c1-19(16,17)15-12-5-4-9(7-11(12)13)14-10-3-2-6-18-8-10/h4-5,7,10,14-15H,2-3,6,8H2,1H3. The molecule has 1 saturated heterocycles. The van der Waals surface area contributed by atoms with Crippen molar-refractivity contribution in [2.45, 2.75) is 18.9 Å². The van der Waals surface area contributed by atoms with Gasteiger partial charge < -0.3 is 10.1 Å². The van der Waals surface area contributed by atoms with E-state index in [9.17, 15) is 8.42 Å². The fourth-order valence-corrected chi connectivity index (χ4v) is 2.84. The maximum Gasteiger partial charge on any atom is 0.229 e. The van der Waals surface area contributed by atoms with Crippen LogP contribution in [0, 0.1) is 0 Å². The summed E-state index contributed by atoms with van der Waals surface area (Å²) in [5, 5.41) is 3.69. The van der Waals surface area contributed by atoms with E-state index in [0.29, 0.717) is 17.3 Å². The number of hydrogen-bond acceptors (Lipinski definition) is 4. The fourth-order valence-electron chi connectivity index (χ4n) is 1.98.